The van der Waals surface area contributed by atoms with Gasteiger partial charge in [-0.3, -0.25) is 14.5 Å². The van der Waals surface area contributed by atoms with Crippen molar-refractivity contribution in [3.63, 3.8) is 0 Å². The third-order valence-corrected chi connectivity index (χ3v) is 2.27. The van der Waals surface area contributed by atoms with Gasteiger partial charge in [0.05, 0.1) is 29.2 Å². The summed E-state index contributed by atoms with van der Waals surface area (Å²) < 4.78 is 1.48. The van der Waals surface area contributed by atoms with E-state index in [0.717, 1.165) is 0 Å². The fourth-order valence-corrected chi connectivity index (χ4v) is 1.41. The molecule has 2 N–H and O–H groups in total. The zero-order chi connectivity index (χ0) is 13.1. The van der Waals surface area contributed by atoms with E-state index >= 15 is 0 Å². The van der Waals surface area contributed by atoms with Crippen molar-refractivity contribution in [3.05, 3.63) is 42.0 Å². The lowest BCUT2D eigenvalue weighted by molar-refractivity contribution is 0.0698. The summed E-state index contributed by atoms with van der Waals surface area (Å²) in [6, 6.07) is 1.32. The Labute approximate surface area is 102 Å². The van der Waals surface area contributed by atoms with Gasteiger partial charge in [0.2, 0.25) is 0 Å². The first-order chi connectivity index (χ1) is 8.58. The largest absolute Gasteiger partial charge is 0.478 e. The zero-order valence-corrected chi connectivity index (χ0v) is 9.49. The van der Waals surface area contributed by atoms with Crippen molar-refractivity contribution in [2.45, 2.75) is 0 Å². The summed E-state index contributed by atoms with van der Waals surface area (Å²) in [7, 11) is 1.68. The molecule has 0 atom stereocenters. The molecule has 0 aliphatic heterocycles. The molecule has 0 aromatic carbocycles. The van der Waals surface area contributed by atoms with Crippen molar-refractivity contribution < 1.29 is 14.7 Å². The van der Waals surface area contributed by atoms with Crippen LogP contribution in [-0.2, 0) is 7.05 Å². The number of carboxylic acids is 1. The van der Waals surface area contributed by atoms with Gasteiger partial charge in [-0.05, 0) is 6.07 Å². The van der Waals surface area contributed by atoms with E-state index in [1.54, 1.807) is 7.05 Å². The second-order valence-electron chi connectivity index (χ2n) is 3.58. The molecule has 0 saturated heterocycles. The molecule has 0 fully saturated rings. The number of pyridine rings is 1. The predicted octanol–water partition coefficient (Wildman–Crippen LogP) is 0.766. The van der Waals surface area contributed by atoms with Crippen LogP contribution < -0.4 is 5.32 Å². The topological polar surface area (TPSA) is 97.1 Å². The average molecular weight is 246 g/mol. The van der Waals surface area contributed by atoms with E-state index in [1.165, 1.54) is 35.5 Å². The lowest BCUT2D eigenvalue weighted by Gasteiger charge is -2.05. The number of hydrogen-bond acceptors (Lipinski definition) is 4. The Kier molecular flexibility index (Phi) is 3.05. The van der Waals surface area contributed by atoms with E-state index in [2.05, 4.69) is 15.4 Å². The zero-order valence-electron chi connectivity index (χ0n) is 9.49. The molecule has 7 heteroatoms. The summed E-state index contributed by atoms with van der Waals surface area (Å²) in [6.45, 7) is 0. The highest BCUT2D eigenvalue weighted by atomic mass is 16.4. The van der Waals surface area contributed by atoms with E-state index in [-0.39, 0.29) is 11.3 Å². The number of nitrogens with zero attached hydrogens (tertiary/aromatic N) is 3. The van der Waals surface area contributed by atoms with Gasteiger partial charge in [0.1, 0.15) is 0 Å². The Hall–Kier alpha value is -2.70. The molecule has 92 valence electrons. The smallest absolute Gasteiger partial charge is 0.337 e. The quantitative estimate of drug-likeness (QED) is 0.833. The minimum absolute atomic E-state index is 0.0118. The maximum Gasteiger partial charge on any atom is 0.337 e. The summed E-state index contributed by atoms with van der Waals surface area (Å²) in [5, 5.41) is 15.3. The third-order valence-electron chi connectivity index (χ3n) is 2.27. The van der Waals surface area contributed by atoms with Gasteiger partial charge < -0.3 is 10.4 Å². The Morgan fingerprint density at radius 2 is 2.17 bits per heavy atom. The van der Waals surface area contributed by atoms with Gasteiger partial charge in [-0.25, -0.2) is 4.79 Å². The molecule has 1 amide bonds. The summed E-state index contributed by atoms with van der Waals surface area (Å²) in [4.78, 5) is 26.5. The fraction of sp³-hybridized carbons (Fsp3) is 0.0909. The maximum absolute atomic E-state index is 11.8. The maximum atomic E-state index is 11.8. The van der Waals surface area contributed by atoms with Gasteiger partial charge in [0.15, 0.2) is 0 Å². The fourth-order valence-electron chi connectivity index (χ4n) is 1.41. The van der Waals surface area contributed by atoms with Crippen LogP contribution in [0.4, 0.5) is 5.69 Å². The van der Waals surface area contributed by atoms with Crippen molar-refractivity contribution in [2.24, 2.45) is 7.05 Å². The van der Waals surface area contributed by atoms with E-state index in [0.29, 0.717) is 5.56 Å². The van der Waals surface area contributed by atoms with Crippen LogP contribution >= 0.6 is 0 Å². The molecule has 2 aromatic heterocycles. The van der Waals surface area contributed by atoms with E-state index in [4.69, 9.17) is 5.11 Å². The molecule has 2 rings (SSSR count). The normalized spacial score (nSPS) is 10.1. The number of aromatic carboxylic acids is 1. The number of carboxylic acid groups (broad SMARTS) is 1. The van der Waals surface area contributed by atoms with Crippen LogP contribution in [-0.4, -0.2) is 31.7 Å². The number of anilines is 1. The standard InChI is InChI=1S/C11H10N4O3/c1-15-6-7(4-13-15)10(16)14-9-5-12-3-2-8(9)11(17)18/h2-6H,1H3,(H,14,16)(H,17,18). The van der Waals surface area contributed by atoms with Crippen LogP contribution in [0, 0.1) is 0 Å². The second-order valence-corrected chi connectivity index (χ2v) is 3.58. The van der Waals surface area contributed by atoms with Gasteiger partial charge in [-0.2, -0.15) is 5.10 Å². The van der Waals surface area contributed by atoms with Crippen LogP contribution in [0.15, 0.2) is 30.9 Å². The molecule has 2 aromatic rings. The first kappa shape index (κ1) is 11.8. The van der Waals surface area contributed by atoms with Crippen LogP contribution in [0.25, 0.3) is 0 Å². The number of carbonyl (C=O) groups is 2. The molecular weight excluding hydrogens is 236 g/mol. The molecule has 0 aliphatic carbocycles. The minimum Gasteiger partial charge on any atom is -0.478 e. The van der Waals surface area contributed by atoms with Crippen LogP contribution in [0.2, 0.25) is 0 Å². The third kappa shape index (κ3) is 2.34. The summed E-state index contributed by atoms with van der Waals surface area (Å²) >= 11 is 0. The van der Waals surface area contributed by atoms with Crippen LogP contribution in [0.5, 0.6) is 0 Å². The first-order valence-corrected chi connectivity index (χ1v) is 5.05. The minimum atomic E-state index is -1.13. The Morgan fingerprint density at radius 1 is 1.39 bits per heavy atom. The van der Waals surface area contributed by atoms with Crippen LogP contribution in [0.3, 0.4) is 0 Å². The molecule has 0 radical (unpaired) electrons. The highest BCUT2D eigenvalue weighted by Gasteiger charge is 2.14. The Balaban J connectivity index is 2.24. The average Bonchev–Trinajstić information content (AvgIpc) is 2.76. The highest BCUT2D eigenvalue weighted by Crippen LogP contribution is 2.14. The van der Waals surface area contributed by atoms with Crippen molar-refractivity contribution in [3.8, 4) is 0 Å². The Bertz CT molecular complexity index is 606. The highest BCUT2D eigenvalue weighted by molar-refractivity contribution is 6.07. The van der Waals surface area contributed by atoms with Crippen molar-refractivity contribution in [1.29, 1.82) is 0 Å². The number of nitrogens with one attached hydrogen (secondary N) is 1. The summed E-state index contributed by atoms with van der Waals surface area (Å²) in [5.41, 5.74) is 0.485. The summed E-state index contributed by atoms with van der Waals surface area (Å²) in [6.07, 6.45) is 5.57. The molecule has 7 nitrogen and oxygen atoms in total. The van der Waals surface area contributed by atoms with Crippen molar-refractivity contribution in [2.75, 3.05) is 5.32 Å². The predicted molar refractivity (Wildman–Crippen MR) is 62.4 cm³/mol. The lowest BCUT2D eigenvalue weighted by Crippen LogP contribution is -2.14. The monoisotopic (exact) mass is 246 g/mol. The van der Waals surface area contributed by atoms with Crippen LogP contribution in [0.1, 0.15) is 20.7 Å². The molecule has 0 spiro atoms. The van der Waals surface area contributed by atoms with Gasteiger partial charge in [0, 0.05) is 19.4 Å². The molecule has 0 saturated carbocycles. The number of carbonyl (C=O) groups excluding carboxylic acids is 1. The molecule has 18 heavy (non-hydrogen) atoms. The van der Waals surface area contributed by atoms with E-state index in [9.17, 15) is 9.59 Å². The SMILES string of the molecule is Cn1cc(C(=O)Nc2cnccc2C(=O)O)cn1. The molecular formula is C11H10N4O3. The van der Waals surface area contributed by atoms with Gasteiger partial charge in [-0.15, -0.1) is 0 Å². The number of aromatic nitrogens is 3. The van der Waals surface area contributed by atoms with E-state index < -0.39 is 11.9 Å². The molecule has 0 bridgehead atoms. The summed E-state index contributed by atoms with van der Waals surface area (Å²) in [5.74, 6) is -1.56. The van der Waals surface area contributed by atoms with Gasteiger partial charge >= 0.3 is 5.97 Å². The molecule has 0 aliphatic rings. The molecule has 0 unspecified atom stereocenters. The number of amides is 1. The second kappa shape index (κ2) is 4.66. The number of hydrogen-bond donors (Lipinski definition) is 2. The number of aryl methyl sites for hydroxylation is 1. The van der Waals surface area contributed by atoms with E-state index in [1.807, 2.05) is 0 Å². The van der Waals surface area contributed by atoms with Crippen molar-refractivity contribution in [1.82, 2.24) is 14.8 Å². The molecule has 2 heterocycles. The van der Waals surface area contributed by atoms with Gasteiger partial charge in [0.25, 0.3) is 5.91 Å². The Morgan fingerprint density at radius 3 is 2.78 bits per heavy atom. The number of rotatable bonds is 3. The van der Waals surface area contributed by atoms with Crippen molar-refractivity contribution >= 4 is 17.6 Å². The van der Waals surface area contributed by atoms with Gasteiger partial charge in [-0.1, -0.05) is 0 Å². The lowest BCUT2D eigenvalue weighted by atomic mass is 10.2. The first-order valence-electron chi connectivity index (χ1n) is 5.05.